The summed E-state index contributed by atoms with van der Waals surface area (Å²) in [5.41, 5.74) is 1.41. The van der Waals surface area contributed by atoms with Crippen molar-refractivity contribution in [1.29, 1.82) is 0 Å². The first-order valence-electron chi connectivity index (χ1n) is 11.2. The van der Waals surface area contributed by atoms with Crippen LogP contribution in [0.4, 0.5) is 0 Å². The fraction of sp³-hybridized carbons (Fsp3) is 0.640. The number of hydrogen-bond acceptors (Lipinski definition) is 5. The number of methoxy groups -OCH3 is 1. The first kappa shape index (κ1) is 22.6. The van der Waals surface area contributed by atoms with E-state index in [2.05, 4.69) is 46.5 Å². The van der Waals surface area contributed by atoms with Crippen LogP contribution in [-0.4, -0.2) is 43.3 Å². The van der Waals surface area contributed by atoms with Crippen molar-refractivity contribution >= 4 is 14.3 Å². The number of esters is 1. The lowest BCUT2D eigenvalue weighted by Gasteiger charge is -2.42. The molecule has 1 aromatic rings. The normalized spacial score (nSPS) is 34.4. The van der Waals surface area contributed by atoms with Crippen molar-refractivity contribution in [3.05, 3.63) is 41.0 Å². The number of ether oxygens (including phenoxy) is 1. The van der Waals surface area contributed by atoms with Crippen LogP contribution in [0.2, 0.25) is 18.1 Å². The van der Waals surface area contributed by atoms with Crippen molar-refractivity contribution in [3.63, 3.8) is 0 Å². The molecule has 0 saturated heterocycles. The molecule has 1 aromatic carbocycles. The first-order valence-corrected chi connectivity index (χ1v) is 14.1. The van der Waals surface area contributed by atoms with E-state index in [0.717, 1.165) is 22.4 Å². The molecule has 5 nitrogen and oxygen atoms in total. The molecule has 0 aliphatic heterocycles. The zero-order valence-electron chi connectivity index (χ0n) is 19.8. The van der Waals surface area contributed by atoms with Gasteiger partial charge in [-0.25, -0.2) is 0 Å². The van der Waals surface area contributed by atoms with Gasteiger partial charge in [0, 0.05) is 5.41 Å². The Morgan fingerprint density at radius 2 is 1.94 bits per heavy atom. The molecule has 6 heteroatoms. The summed E-state index contributed by atoms with van der Waals surface area (Å²) >= 11 is 0. The number of carbonyl (C=O) groups excluding carboxylic acids is 1. The summed E-state index contributed by atoms with van der Waals surface area (Å²) in [6.07, 6.45) is 0.626. The van der Waals surface area contributed by atoms with Crippen LogP contribution in [0.3, 0.4) is 0 Å². The van der Waals surface area contributed by atoms with Gasteiger partial charge in [-0.1, -0.05) is 33.4 Å². The van der Waals surface area contributed by atoms with E-state index in [-0.39, 0.29) is 16.9 Å². The van der Waals surface area contributed by atoms with Gasteiger partial charge in [0.2, 0.25) is 8.32 Å². The summed E-state index contributed by atoms with van der Waals surface area (Å²) in [6.45, 7) is 17.1. The average Bonchev–Trinajstić information content (AvgIpc) is 3.05. The smallest absolute Gasteiger partial charge is 0.313 e. The molecule has 2 bridgehead atoms. The van der Waals surface area contributed by atoms with Gasteiger partial charge in [0.1, 0.15) is 5.75 Å². The average molecular weight is 445 g/mol. The fourth-order valence-electron chi connectivity index (χ4n) is 6.10. The fourth-order valence-corrected chi connectivity index (χ4v) is 7.17. The Kier molecular flexibility index (Phi) is 4.87. The van der Waals surface area contributed by atoms with Gasteiger partial charge in [0.15, 0.2) is 0 Å². The van der Waals surface area contributed by atoms with Crippen molar-refractivity contribution in [2.45, 2.75) is 88.6 Å². The minimum atomic E-state index is -2.08. The maximum atomic E-state index is 13.2. The Hall–Kier alpha value is -1.63. The van der Waals surface area contributed by atoms with Crippen LogP contribution in [0, 0.1) is 12.3 Å². The minimum absolute atomic E-state index is 0.0262. The van der Waals surface area contributed by atoms with Crippen molar-refractivity contribution in [2.75, 3.05) is 7.11 Å². The molecule has 0 unspecified atom stereocenters. The molecule has 0 radical (unpaired) electrons. The van der Waals surface area contributed by atoms with Crippen molar-refractivity contribution in [1.82, 2.24) is 0 Å². The summed E-state index contributed by atoms with van der Waals surface area (Å²) in [6, 6.07) is 4.09. The lowest BCUT2D eigenvalue weighted by Crippen LogP contribution is -2.44. The maximum absolute atomic E-state index is 13.2. The van der Waals surface area contributed by atoms with Gasteiger partial charge in [-0.15, -0.1) is 0 Å². The molecule has 2 N–H and O–H groups in total. The van der Waals surface area contributed by atoms with E-state index in [1.807, 2.05) is 13.0 Å². The highest BCUT2D eigenvalue weighted by Crippen LogP contribution is 2.71. The van der Waals surface area contributed by atoms with Gasteiger partial charge in [-0.05, 0) is 78.6 Å². The van der Waals surface area contributed by atoms with Crippen LogP contribution < -0.4 is 4.43 Å². The van der Waals surface area contributed by atoms with Crippen LogP contribution in [0.25, 0.3) is 0 Å². The largest absolute Gasteiger partial charge is 0.543 e. The second kappa shape index (κ2) is 6.69. The Labute approximate surface area is 186 Å². The lowest BCUT2D eigenvalue weighted by molar-refractivity contribution is -0.149. The second-order valence-corrected chi connectivity index (χ2v) is 16.1. The third-order valence-corrected chi connectivity index (χ3v) is 13.2. The minimum Gasteiger partial charge on any atom is -0.543 e. The molecular formula is C25H36O5Si. The second-order valence-electron chi connectivity index (χ2n) is 11.3. The van der Waals surface area contributed by atoms with E-state index in [1.165, 1.54) is 7.11 Å². The molecule has 0 aromatic heterocycles. The Morgan fingerprint density at radius 1 is 1.29 bits per heavy atom. The number of benzene rings is 1. The van der Waals surface area contributed by atoms with Crippen LogP contribution in [0.15, 0.2) is 24.3 Å². The number of aliphatic hydroxyl groups is 2. The van der Waals surface area contributed by atoms with Gasteiger partial charge in [-0.3, -0.25) is 4.79 Å². The van der Waals surface area contributed by atoms with Crippen molar-refractivity contribution < 1.29 is 24.2 Å². The third kappa shape index (κ3) is 2.84. The highest BCUT2D eigenvalue weighted by Gasteiger charge is 2.71. The molecule has 170 valence electrons. The van der Waals surface area contributed by atoms with Crippen molar-refractivity contribution in [3.8, 4) is 5.75 Å². The molecule has 2 fully saturated rings. The summed E-state index contributed by atoms with van der Waals surface area (Å²) in [5, 5.41) is 22.6. The number of hydrogen-bond donors (Lipinski definition) is 2. The third-order valence-electron chi connectivity index (χ3n) is 8.84. The van der Waals surface area contributed by atoms with Gasteiger partial charge in [0.05, 0.1) is 24.7 Å². The number of fused-ring (bicyclic) bond motifs is 3. The SMILES string of the molecule is C=C1[C@H](O)[C@]23C[C@@]1(O)CC[C@H]2c1ccc(O[Si](C)(C)C(C)(C)C)c(C)c1[C@@H]3C(=O)OC. The van der Waals surface area contributed by atoms with Gasteiger partial charge in [-0.2, -0.15) is 0 Å². The van der Waals surface area contributed by atoms with E-state index in [9.17, 15) is 15.0 Å². The quantitative estimate of drug-likeness (QED) is 0.406. The molecule has 0 amide bonds. The van der Waals surface area contributed by atoms with Gasteiger partial charge in [0.25, 0.3) is 0 Å². The van der Waals surface area contributed by atoms with E-state index in [1.54, 1.807) is 0 Å². The Morgan fingerprint density at radius 3 is 2.52 bits per heavy atom. The molecular weight excluding hydrogens is 408 g/mol. The molecule has 3 aliphatic carbocycles. The van der Waals surface area contributed by atoms with E-state index >= 15 is 0 Å². The summed E-state index contributed by atoms with van der Waals surface area (Å²) in [5.74, 6) is -0.242. The number of aliphatic hydroxyl groups excluding tert-OH is 1. The first-order chi connectivity index (χ1) is 14.2. The van der Waals surface area contributed by atoms with E-state index in [4.69, 9.17) is 9.16 Å². The summed E-state index contributed by atoms with van der Waals surface area (Å²) < 4.78 is 11.9. The van der Waals surface area contributed by atoms with Crippen LogP contribution in [0.5, 0.6) is 5.75 Å². The maximum Gasteiger partial charge on any atom is 0.313 e. The molecule has 0 heterocycles. The highest BCUT2D eigenvalue weighted by molar-refractivity contribution is 6.74. The summed E-state index contributed by atoms with van der Waals surface area (Å²) in [7, 11) is -0.689. The van der Waals surface area contributed by atoms with E-state index in [0.29, 0.717) is 24.8 Å². The molecule has 3 aliphatic rings. The molecule has 4 rings (SSSR count). The van der Waals surface area contributed by atoms with E-state index < -0.39 is 31.4 Å². The number of rotatable bonds is 3. The van der Waals surface area contributed by atoms with Crippen LogP contribution in [0.1, 0.15) is 68.6 Å². The standard InChI is InChI=1S/C25H36O5Si/c1-14-18(30-31(7,8)23(3,4)5)10-9-16-17-11-12-24(28)13-25(17,21(26)15(24)2)20(19(14)16)22(27)29-6/h9-10,17,20-21,26,28H,2,11-13H2,1,3-8H3/t17-,20+,21-,24-,25+/m0/s1. The zero-order chi connectivity index (χ0) is 23.1. The van der Waals surface area contributed by atoms with Crippen LogP contribution in [-0.2, 0) is 9.53 Å². The molecule has 2 saturated carbocycles. The summed E-state index contributed by atoms with van der Waals surface area (Å²) in [4.78, 5) is 13.2. The molecule has 1 spiro atoms. The Balaban J connectivity index is 1.89. The predicted molar refractivity (Wildman–Crippen MR) is 123 cm³/mol. The van der Waals surface area contributed by atoms with Gasteiger partial charge >= 0.3 is 5.97 Å². The Bertz CT molecular complexity index is 961. The van der Waals surface area contributed by atoms with Gasteiger partial charge < -0.3 is 19.4 Å². The monoisotopic (exact) mass is 444 g/mol. The zero-order valence-corrected chi connectivity index (χ0v) is 20.8. The number of carbonyl (C=O) groups is 1. The topological polar surface area (TPSA) is 76.0 Å². The van der Waals surface area contributed by atoms with Crippen molar-refractivity contribution in [2.24, 2.45) is 5.41 Å². The molecule has 5 atom stereocenters. The highest BCUT2D eigenvalue weighted by atomic mass is 28.4. The molecule has 31 heavy (non-hydrogen) atoms. The predicted octanol–water partition coefficient (Wildman–Crippen LogP) is 4.56. The van der Waals surface area contributed by atoms with Crippen LogP contribution >= 0.6 is 0 Å². The lowest BCUT2D eigenvalue weighted by atomic mass is 9.62.